The molecule has 134 valence electrons. The number of carbonyl (C=O) groups is 1. The van der Waals surface area contributed by atoms with E-state index in [4.69, 9.17) is 14.2 Å². The van der Waals surface area contributed by atoms with Crippen LogP contribution in [-0.4, -0.2) is 41.2 Å². The summed E-state index contributed by atoms with van der Waals surface area (Å²) < 4.78 is 17.2. The minimum Gasteiger partial charge on any atom is -0.454 e. The molecule has 1 aromatic carbocycles. The van der Waals surface area contributed by atoms with Crippen LogP contribution in [0.4, 0.5) is 5.82 Å². The Bertz CT molecular complexity index is 966. The largest absolute Gasteiger partial charge is 0.454 e. The molecule has 2 aromatic heterocycles. The third-order valence-electron chi connectivity index (χ3n) is 3.72. The van der Waals surface area contributed by atoms with Crippen molar-refractivity contribution in [3.8, 4) is 27.9 Å². The maximum absolute atomic E-state index is 11.8. The summed E-state index contributed by atoms with van der Waals surface area (Å²) in [6, 6.07) is 7.49. The van der Waals surface area contributed by atoms with E-state index in [1.807, 2.05) is 30.5 Å². The lowest BCUT2D eigenvalue weighted by molar-refractivity contribution is -0.119. The Kier molecular flexibility index (Phi) is 4.31. The molecule has 0 atom stereocenters. The van der Waals surface area contributed by atoms with E-state index >= 15 is 0 Å². The molecule has 1 aliphatic heterocycles. The lowest BCUT2D eigenvalue weighted by Crippen LogP contribution is -2.19. The van der Waals surface area contributed by atoms with E-state index in [0.717, 1.165) is 22.7 Å². The molecule has 0 spiro atoms. The highest BCUT2D eigenvalue weighted by molar-refractivity contribution is 7.12. The van der Waals surface area contributed by atoms with Crippen LogP contribution in [-0.2, 0) is 9.53 Å². The molecule has 0 aliphatic carbocycles. The third kappa shape index (κ3) is 3.14. The molecule has 3 heterocycles. The molecule has 0 radical (unpaired) electrons. The van der Waals surface area contributed by atoms with Gasteiger partial charge >= 0.3 is 0 Å². The number of methoxy groups -OCH3 is 1. The maximum Gasteiger partial charge on any atom is 0.251 e. The summed E-state index contributed by atoms with van der Waals surface area (Å²) in [5.74, 6) is 1.74. The Labute approximate surface area is 153 Å². The predicted molar refractivity (Wildman–Crippen MR) is 96.0 cm³/mol. The fourth-order valence-corrected chi connectivity index (χ4v) is 3.39. The number of aromatic nitrogens is 3. The highest BCUT2D eigenvalue weighted by Crippen LogP contribution is 2.36. The molecule has 0 fully saturated rings. The summed E-state index contributed by atoms with van der Waals surface area (Å²) in [5, 5.41) is 9.79. The molecule has 1 N–H and O–H groups in total. The van der Waals surface area contributed by atoms with E-state index in [9.17, 15) is 4.79 Å². The van der Waals surface area contributed by atoms with Gasteiger partial charge in [0.2, 0.25) is 11.9 Å². The van der Waals surface area contributed by atoms with Crippen molar-refractivity contribution in [3.63, 3.8) is 0 Å². The summed E-state index contributed by atoms with van der Waals surface area (Å²) >= 11 is 1.43. The average molecular weight is 372 g/mol. The van der Waals surface area contributed by atoms with Gasteiger partial charge in [0.15, 0.2) is 11.5 Å². The van der Waals surface area contributed by atoms with Crippen molar-refractivity contribution in [2.24, 2.45) is 0 Å². The normalized spacial score (nSPS) is 12.4. The average Bonchev–Trinajstić information content (AvgIpc) is 3.33. The first-order valence-electron chi connectivity index (χ1n) is 7.85. The Hall–Kier alpha value is -2.91. The minimum atomic E-state index is -0.249. The van der Waals surface area contributed by atoms with Gasteiger partial charge in [0, 0.05) is 24.1 Å². The number of rotatable bonds is 5. The van der Waals surface area contributed by atoms with E-state index in [1.165, 1.54) is 18.4 Å². The van der Waals surface area contributed by atoms with Gasteiger partial charge in [-0.05, 0) is 25.1 Å². The van der Waals surface area contributed by atoms with E-state index in [2.05, 4.69) is 15.4 Å². The number of anilines is 1. The van der Waals surface area contributed by atoms with Gasteiger partial charge in [0.1, 0.15) is 12.4 Å². The van der Waals surface area contributed by atoms with Gasteiger partial charge in [0.05, 0.1) is 11.4 Å². The Morgan fingerprint density at radius 1 is 1.35 bits per heavy atom. The topological polar surface area (TPSA) is 87.5 Å². The number of ether oxygens (including phenoxy) is 3. The van der Waals surface area contributed by atoms with Crippen molar-refractivity contribution in [2.75, 3.05) is 25.8 Å². The number of thiazole rings is 1. The second-order valence-corrected chi connectivity index (χ2v) is 6.48. The van der Waals surface area contributed by atoms with E-state index in [-0.39, 0.29) is 19.3 Å². The molecule has 0 saturated carbocycles. The van der Waals surface area contributed by atoms with Crippen molar-refractivity contribution >= 4 is 23.1 Å². The number of hydrogen-bond donors (Lipinski definition) is 1. The van der Waals surface area contributed by atoms with Crippen LogP contribution in [0.1, 0.15) is 5.69 Å². The van der Waals surface area contributed by atoms with Crippen LogP contribution < -0.4 is 14.8 Å². The lowest BCUT2D eigenvalue weighted by Gasteiger charge is -2.05. The molecule has 1 aliphatic rings. The SMILES string of the molecule is COCC(=O)Nc1cc(C)nn1-c1nc(-c2ccc3c(c2)OCO3)cs1. The van der Waals surface area contributed by atoms with Crippen molar-refractivity contribution in [3.05, 3.63) is 35.3 Å². The zero-order chi connectivity index (χ0) is 18.1. The maximum atomic E-state index is 11.8. The van der Waals surface area contributed by atoms with Gasteiger partial charge in [-0.15, -0.1) is 11.3 Å². The molecule has 8 nitrogen and oxygen atoms in total. The number of hydrogen-bond acceptors (Lipinski definition) is 7. The minimum absolute atomic E-state index is 0.0233. The van der Waals surface area contributed by atoms with Crippen LogP contribution in [0, 0.1) is 6.92 Å². The fraction of sp³-hybridized carbons (Fsp3) is 0.235. The van der Waals surface area contributed by atoms with Crippen LogP contribution in [0.2, 0.25) is 0 Å². The second-order valence-electron chi connectivity index (χ2n) is 5.65. The van der Waals surface area contributed by atoms with Crippen molar-refractivity contribution in [1.82, 2.24) is 14.8 Å². The first kappa shape index (κ1) is 16.6. The van der Waals surface area contributed by atoms with Gasteiger partial charge < -0.3 is 19.5 Å². The smallest absolute Gasteiger partial charge is 0.251 e. The van der Waals surface area contributed by atoms with Gasteiger partial charge in [-0.3, -0.25) is 4.79 Å². The first-order chi connectivity index (χ1) is 12.6. The highest BCUT2D eigenvalue weighted by atomic mass is 32.1. The number of amides is 1. The summed E-state index contributed by atoms with van der Waals surface area (Å²) in [4.78, 5) is 16.5. The number of benzene rings is 1. The van der Waals surface area contributed by atoms with Crippen LogP contribution in [0.25, 0.3) is 16.4 Å². The molecular formula is C17H16N4O4S. The van der Waals surface area contributed by atoms with Crippen LogP contribution in [0.5, 0.6) is 11.5 Å². The molecule has 0 unspecified atom stereocenters. The molecule has 3 aromatic rings. The summed E-state index contributed by atoms with van der Waals surface area (Å²) in [5.41, 5.74) is 2.49. The molecular weight excluding hydrogens is 356 g/mol. The number of aryl methyl sites for hydroxylation is 1. The monoisotopic (exact) mass is 372 g/mol. The summed E-state index contributed by atoms with van der Waals surface area (Å²) in [7, 11) is 1.47. The molecule has 1 amide bonds. The zero-order valence-corrected chi connectivity index (χ0v) is 15.0. The Morgan fingerprint density at radius 2 is 2.19 bits per heavy atom. The Morgan fingerprint density at radius 3 is 3.04 bits per heavy atom. The van der Waals surface area contributed by atoms with Crippen molar-refractivity contribution in [1.29, 1.82) is 0 Å². The fourth-order valence-electron chi connectivity index (χ4n) is 2.59. The van der Waals surface area contributed by atoms with E-state index in [1.54, 1.807) is 10.7 Å². The standard InChI is InChI=1S/C17H16N4O4S/c1-10-5-15(19-16(22)7-23-2)21(20-10)17-18-12(8-26-17)11-3-4-13-14(6-11)25-9-24-13/h3-6,8H,7,9H2,1-2H3,(H,19,22). The van der Waals surface area contributed by atoms with E-state index in [0.29, 0.717) is 16.7 Å². The molecule has 9 heteroatoms. The summed E-state index contributed by atoms with van der Waals surface area (Å²) in [6.07, 6.45) is 0. The molecule has 0 saturated heterocycles. The zero-order valence-electron chi connectivity index (χ0n) is 14.2. The van der Waals surface area contributed by atoms with Crippen molar-refractivity contribution < 1.29 is 19.0 Å². The molecule has 26 heavy (non-hydrogen) atoms. The Balaban J connectivity index is 1.63. The van der Waals surface area contributed by atoms with Crippen LogP contribution in [0.15, 0.2) is 29.6 Å². The predicted octanol–water partition coefficient (Wildman–Crippen LogP) is 2.62. The first-order valence-corrected chi connectivity index (χ1v) is 8.73. The number of fused-ring (bicyclic) bond motifs is 1. The quantitative estimate of drug-likeness (QED) is 0.741. The highest BCUT2D eigenvalue weighted by Gasteiger charge is 2.17. The van der Waals surface area contributed by atoms with Gasteiger partial charge in [-0.2, -0.15) is 9.78 Å². The van der Waals surface area contributed by atoms with Gasteiger partial charge in [0.25, 0.3) is 5.91 Å². The van der Waals surface area contributed by atoms with Gasteiger partial charge in [-0.1, -0.05) is 0 Å². The molecule has 4 rings (SSSR count). The summed E-state index contributed by atoms with van der Waals surface area (Å²) in [6.45, 7) is 2.07. The lowest BCUT2D eigenvalue weighted by atomic mass is 10.1. The second kappa shape index (κ2) is 6.77. The number of nitrogens with zero attached hydrogens (tertiary/aromatic N) is 3. The van der Waals surface area contributed by atoms with Crippen LogP contribution in [0.3, 0.4) is 0 Å². The number of nitrogens with one attached hydrogen (secondary N) is 1. The van der Waals surface area contributed by atoms with Crippen LogP contribution >= 0.6 is 11.3 Å². The van der Waals surface area contributed by atoms with E-state index < -0.39 is 0 Å². The number of carbonyl (C=O) groups excluding carboxylic acids is 1. The van der Waals surface area contributed by atoms with Gasteiger partial charge in [-0.25, -0.2) is 4.98 Å². The third-order valence-corrected chi connectivity index (χ3v) is 4.53. The van der Waals surface area contributed by atoms with Crippen molar-refractivity contribution in [2.45, 2.75) is 6.92 Å². The molecule has 0 bridgehead atoms.